The molecule has 0 aliphatic carbocycles. The molecule has 1 aromatic heterocycles. The minimum atomic E-state index is -2.82. The molecular formula is C21H23F2N3O2. The molecule has 0 saturated heterocycles. The zero-order valence-electron chi connectivity index (χ0n) is 16.1. The molecule has 2 aromatic carbocycles. The number of carbonyl (C=O) groups excluding carboxylic acids is 1. The Morgan fingerprint density at radius 2 is 2.04 bits per heavy atom. The summed E-state index contributed by atoms with van der Waals surface area (Å²) in [5, 5.41) is 8.10. The van der Waals surface area contributed by atoms with Crippen molar-refractivity contribution in [2.75, 3.05) is 11.9 Å². The molecule has 0 unspecified atom stereocenters. The van der Waals surface area contributed by atoms with Crippen LogP contribution in [0, 0.1) is 5.92 Å². The van der Waals surface area contributed by atoms with Crippen molar-refractivity contribution in [3.05, 3.63) is 53.9 Å². The molecule has 0 spiro atoms. The zero-order chi connectivity index (χ0) is 20.3. The number of benzene rings is 2. The molecule has 3 aromatic rings. The normalized spacial score (nSPS) is 11.4. The lowest BCUT2D eigenvalue weighted by atomic mass is 10.1. The Bertz CT molecular complexity index is 983. The van der Waals surface area contributed by atoms with Gasteiger partial charge in [-0.05, 0) is 35.9 Å². The molecule has 0 fully saturated rings. The van der Waals surface area contributed by atoms with Gasteiger partial charge in [0.25, 0.3) is 12.3 Å². The highest BCUT2D eigenvalue weighted by molar-refractivity contribution is 6.09. The van der Waals surface area contributed by atoms with Crippen LogP contribution in [0.1, 0.15) is 42.7 Å². The van der Waals surface area contributed by atoms with Gasteiger partial charge in [0.15, 0.2) is 0 Å². The maximum Gasteiger partial charge on any atom is 0.282 e. The van der Waals surface area contributed by atoms with Gasteiger partial charge in [-0.2, -0.15) is 5.10 Å². The second-order valence-electron chi connectivity index (χ2n) is 7.08. The molecule has 1 N–H and O–H groups in total. The molecule has 7 heteroatoms. The van der Waals surface area contributed by atoms with Crippen LogP contribution < -0.4 is 10.1 Å². The smallest absolute Gasteiger partial charge is 0.282 e. The van der Waals surface area contributed by atoms with Crippen molar-refractivity contribution < 1.29 is 18.3 Å². The minimum absolute atomic E-state index is 0.140. The summed E-state index contributed by atoms with van der Waals surface area (Å²) in [6, 6.07) is 11.1. The molecule has 0 saturated carbocycles. The monoisotopic (exact) mass is 387 g/mol. The lowest BCUT2D eigenvalue weighted by Crippen LogP contribution is -2.13. The summed E-state index contributed by atoms with van der Waals surface area (Å²) in [7, 11) is 1.50. The van der Waals surface area contributed by atoms with Crippen molar-refractivity contribution in [3.63, 3.8) is 0 Å². The molecule has 0 aliphatic rings. The van der Waals surface area contributed by atoms with Crippen LogP contribution in [0.25, 0.3) is 10.8 Å². The summed E-state index contributed by atoms with van der Waals surface area (Å²) in [5.41, 5.74) is -0.141. The lowest BCUT2D eigenvalue weighted by Gasteiger charge is -2.12. The molecule has 5 nitrogen and oxygen atoms in total. The molecule has 148 valence electrons. The summed E-state index contributed by atoms with van der Waals surface area (Å²) in [6.07, 6.45) is -0.591. The average Bonchev–Trinajstić information content (AvgIpc) is 3.04. The van der Waals surface area contributed by atoms with Crippen molar-refractivity contribution >= 4 is 22.4 Å². The summed E-state index contributed by atoms with van der Waals surface area (Å²) in [6.45, 7) is 4.86. The van der Waals surface area contributed by atoms with Crippen molar-refractivity contribution in [1.29, 1.82) is 0 Å². The van der Waals surface area contributed by atoms with E-state index in [1.807, 2.05) is 24.3 Å². The number of fused-ring (bicyclic) bond motifs is 1. The predicted molar refractivity (Wildman–Crippen MR) is 105 cm³/mol. The summed E-state index contributed by atoms with van der Waals surface area (Å²) < 4.78 is 33.3. The third-order valence-electron chi connectivity index (χ3n) is 4.37. The van der Waals surface area contributed by atoms with Crippen LogP contribution in [-0.2, 0) is 7.05 Å². The van der Waals surface area contributed by atoms with Gasteiger partial charge in [0, 0.05) is 24.3 Å². The fourth-order valence-corrected chi connectivity index (χ4v) is 2.89. The number of rotatable bonds is 7. The predicted octanol–water partition coefficient (Wildman–Crippen LogP) is 5.19. The third kappa shape index (κ3) is 4.47. The number of carbonyl (C=O) groups is 1. The largest absolute Gasteiger partial charge is 0.494 e. The highest BCUT2D eigenvalue weighted by Crippen LogP contribution is 2.29. The van der Waals surface area contributed by atoms with E-state index in [9.17, 15) is 13.6 Å². The van der Waals surface area contributed by atoms with E-state index in [2.05, 4.69) is 24.3 Å². The number of anilines is 1. The van der Waals surface area contributed by atoms with Gasteiger partial charge in [-0.3, -0.25) is 9.48 Å². The van der Waals surface area contributed by atoms with Crippen LogP contribution in [0.4, 0.5) is 14.5 Å². The first kappa shape index (κ1) is 19.8. The van der Waals surface area contributed by atoms with Crippen molar-refractivity contribution in [2.24, 2.45) is 13.0 Å². The number of nitrogens with one attached hydrogen (secondary N) is 1. The first-order valence-corrected chi connectivity index (χ1v) is 9.13. The van der Waals surface area contributed by atoms with E-state index in [4.69, 9.17) is 4.74 Å². The van der Waals surface area contributed by atoms with Crippen LogP contribution in [0.2, 0.25) is 0 Å². The van der Waals surface area contributed by atoms with Gasteiger partial charge in [-0.15, -0.1) is 0 Å². The highest BCUT2D eigenvalue weighted by Gasteiger charge is 2.23. The molecule has 28 heavy (non-hydrogen) atoms. The summed E-state index contributed by atoms with van der Waals surface area (Å²) >= 11 is 0. The molecule has 0 aliphatic heterocycles. The minimum Gasteiger partial charge on any atom is -0.494 e. The first-order valence-electron chi connectivity index (χ1n) is 9.13. The molecular weight excluding hydrogens is 364 g/mol. The highest BCUT2D eigenvalue weighted by atomic mass is 19.3. The van der Waals surface area contributed by atoms with Crippen LogP contribution in [0.15, 0.2) is 42.6 Å². The topological polar surface area (TPSA) is 56.1 Å². The fourth-order valence-electron chi connectivity index (χ4n) is 2.89. The number of hydrogen-bond acceptors (Lipinski definition) is 3. The standard InChI is InChI=1S/C21H23F2N3O2/c1-13(2)9-10-28-15-8-7-14-5-4-6-18(16(14)11-15)24-21(27)17-12-26(3)25-19(17)20(22)23/h4-8,11-13,20H,9-10H2,1-3H3,(H,24,27). The number of amides is 1. The molecule has 3 rings (SSSR count). The lowest BCUT2D eigenvalue weighted by molar-refractivity contribution is 0.101. The van der Waals surface area contributed by atoms with Gasteiger partial charge in [-0.25, -0.2) is 8.78 Å². The quantitative estimate of drug-likeness (QED) is 0.607. The summed E-state index contributed by atoms with van der Waals surface area (Å²) in [4.78, 5) is 12.6. The van der Waals surface area contributed by atoms with E-state index in [1.54, 1.807) is 12.1 Å². The Morgan fingerprint density at radius 1 is 1.25 bits per heavy atom. The first-order chi connectivity index (χ1) is 13.3. The molecule has 1 heterocycles. The van der Waals surface area contributed by atoms with E-state index in [1.165, 1.54) is 17.9 Å². The van der Waals surface area contributed by atoms with Crippen LogP contribution in [-0.4, -0.2) is 22.3 Å². The number of aryl methyl sites for hydroxylation is 1. The van der Waals surface area contributed by atoms with E-state index >= 15 is 0 Å². The van der Waals surface area contributed by atoms with E-state index in [0.717, 1.165) is 17.2 Å². The van der Waals surface area contributed by atoms with E-state index in [-0.39, 0.29) is 5.56 Å². The average molecular weight is 387 g/mol. The number of ether oxygens (including phenoxy) is 1. The molecule has 0 bridgehead atoms. The Kier molecular flexibility index (Phi) is 5.92. The molecule has 0 atom stereocenters. The number of halogens is 2. The van der Waals surface area contributed by atoms with Crippen LogP contribution in [0.5, 0.6) is 5.75 Å². The van der Waals surface area contributed by atoms with Gasteiger partial charge >= 0.3 is 0 Å². The van der Waals surface area contributed by atoms with Gasteiger partial charge in [0.05, 0.1) is 12.2 Å². The second-order valence-corrected chi connectivity index (χ2v) is 7.08. The Labute approximate surface area is 162 Å². The zero-order valence-corrected chi connectivity index (χ0v) is 16.1. The third-order valence-corrected chi connectivity index (χ3v) is 4.37. The molecule has 0 radical (unpaired) electrons. The number of aromatic nitrogens is 2. The SMILES string of the molecule is CC(C)CCOc1ccc2cccc(NC(=O)c3cn(C)nc3C(F)F)c2c1. The fraction of sp³-hybridized carbons (Fsp3) is 0.333. The van der Waals surface area contributed by atoms with Gasteiger partial charge in [0.1, 0.15) is 11.4 Å². The Hall–Kier alpha value is -2.96. The van der Waals surface area contributed by atoms with E-state index in [0.29, 0.717) is 24.0 Å². The number of nitrogens with zero attached hydrogens (tertiary/aromatic N) is 2. The Balaban J connectivity index is 1.87. The van der Waals surface area contributed by atoms with Crippen molar-refractivity contribution in [3.8, 4) is 5.75 Å². The van der Waals surface area contributed by atoms with Gasteiger partial charge < -0.3 is 10.1 Å². The van der Waals surface area contributed by atoms with Gasteiger partial charge in [0.2, 0.25) is 0 Å². The van der Waals surface area contributed by atoms with E-state index < -0.39 is 18.0 Å². The van der Waals surface area contributed by atoms with Crippen molar-refractivity contribution in [2.45, 2.75) is 26.7 Å². The van der Waals surface area contributed by atoms with Gasteiger partial charge in [-0.1, -0.05) is 32.0 Å². The van der Waals surface area contributed by atoms with Crippen LogP contribution in [0.3, 0.4) is 0 Å². The van der Waals surface area contributed by atoms with Crippen LogP contribution >= 0.6 is 0 Å². The number of alkyl halides is 2. The maximum atomic E-state index is 13.1. The maximum absolute atomic E-state index is 13.1. The summed E-state index contributed by atoms with van der Waals surface area (Å²) in [5.74, 6) is 0.616. The second kappa shape index (κ2) is 8.37. The number of hydrogen-bond donors (Lipinski definition) is 1. The molecule has 1 amide bonds. The van der Waals surface area contributed by atoms with Crippen molar-refractivity contribution in [1.82, 2.24) is 9.78 Å². The Morgan fingerprint density at radius 3 is 2.75 bits per heavy atom.